The Balaban J connectivity index is 1.80. The van der Waals surface area contributed by atoms with E-state index in [1.165, 1.54) is 24.3 Å². The number of amides is 2. The van der Waals surface area contributed by atoms with Crippen LogP contribution < -0.4 is 0 Å². The predicted molar refractivity (Wildman–Crippen MR) is 82.8 cm³/mol. The maximum atomic E-state index is 13.1. The number of ether oxygens (including phenoxy) is 1. The highest BCUT2D eigenvalue weighted by atomic mass is 19.1. The molecule has 116 valence electrons. The number of carbonyl (C=O) groups is 2. The van der Waals surface area contributed by atoms with Gasteiger partial charge < -0.3 is 4.74 Å². The molecule has 1 unspecified atom stereocenters. The number of cyclic esters (lactones) is 1. The molecule has 1 saturated heterocycles. The van der Waals surface area contributed by atoms with Crippen molar-refractivity contribution >= 4 is 18.1 Å². The molecule has 1 heterocycles. The van der Waals surface area contributed by atoms with Crippen LogP contribution in [0.5, 0.6) is 0 Å². The summed E-state index contributed by atoms with van der Waals surface area (Å²) in [6, 6.07) is 14.6. The zero-order chi connectivity index (χ0) is 16.2. The zero-order valence-corrected chi connectivity index (χ0v) is 12.2. The highest BCUT2D eigenvalue weighted by Gasteiger charge is 2.37. The summed E-state index contributed by atoms with van der Waals surface area (Å²) in [6.45, 7) is 0.127. The van der Waals surface area contributed by atoms with Gasteiger partial charge in [0.15, 0.2) is 0 Å². The number of imide groups is 1. The van der Waals surface area contributed by atoms with Crippen molar-refractivity contribution in [3.8, 4) is 0 Å². The van der Waals surface area contributed by atoms with Crippen molar-refractivity contribution in [1.29, 1.82) is 0 Å². The van der Waals surface area contributed by atoms with Crippen molar-refractivity contribution in [2.75, 3.05) is 6.61 Å². The topological polar surface area (TPSA) is 46.6 Å². The largest absolute Gasteiger partial charge is 0.446 e. The molecule has 0 aliphatic carbocycles. The summed E-state index contributed by atoms with van der Waals surface area (Å²) >= 11 is 0. The summed E-state index contributed by atoms with van der Waals surface area (Å²) in [5, 5.41) is 0. The van der Waals surface area contributed by atoms with E-state index in [-0.39, 0.29) is 12.4 Å². The number of halogens is 1. The molecule has 23 heavy (non-hydrogen) atoms. The van der Waals surface area contributed by atoms with Gasteiger partial charge in [-0.2, -0.15) is 0 Å². The van der Waals surface area contributed by atoms with E-state index in [4.69, 9.17) is 4.74 Å². The first-order valence-electron chi connectivity index (χ1n) is 7.14. The summed E-state index contributed by atoms with van der Waals surface area (Å²) in [7, 11) is 0. The number of carbonyl (C=O) groups excluding carboxylic acids is 2. The lowest BCUT2D eigenvalue weighted by atomic mass is 10.1. The van der Waals surface area contributed by atoms with Gasteiger partial charge in [-0.25, -0.2) is 14.1 Å². The van der Waals surface area contributed by atoms with Crippen LogP contribution in [0.4, 0.5) is 9.18 Å². The summed E-state index contributed by atoms with van der Waals surface area (Å²) in [5.41, 5.74) is 1.37. The maximum Gasteiger partial charge on any atom is 0.417 e. The molecule has 0 bridgehead atoms. The van der Waals surface area contributed by atoms with E-state index in [1.54, 1.807) is 12.1 Å². The summed E-state index contributed by atoms with van der Waals surface area (Å²) in [6.07, 6.45) is 2.05. The number of rotatable bonds is 3. The van der Waals surface area contributed by atoms with Crippen molar-refractivity contribution in [3.05, 3.63) is 77.6 Å². The van der Waals surface area contributed by atoms with E-state index in [1.807, 2.05) is 30.3 Å². The minimum Gasteiger partial charge on any atom is -0.446 e. The normalized spacial score (nSPS) is 17.5. The van der Waals surface area contributed by atoms with Crippen molar-refractivity contribution in [2.45, 2.75) is 6.04 Å². The molecule has 0 aromatic heterocycles. The number of hydrogen-bond acceptors (Lipinski definition) is 3. The molecule has 2 aromatic carbocycles. The van der Waals surface area contributed by atoms with Gasteiger partial charge in [0, 0.05) is 6.08 Å². The van der Waals surface area contributed by atoms with Crippen LogP contribution in [-0.2, 0) is 9.53 Å². The predicted octanol–water partition coefficient (Wildman–Crippen LogP) is 3.56. The third-order valence-corrected chi connectivity index (χ3v) is 3.56. The molecule has 0 radical (unpaired) electrons. The van der Waals surface area contributed by atoms with Crippen molar-refractivity contribution < 1.29 is 18.7 Å². The molecular formula is C18H14FNO3. The summed E-state index contributed by atoms with van der Waals surface area (Å²) < 4.78 is 18.1. The molecule has 1 atom stereocenters. The van der Waals surface area contributed by atoms with Crippen LogP contribution in [0.1, 0.15) is 17.2 Å². The van der Waals surface area contributed by atoms with Gasteiger partial charge in [-0.3, -0.25) is 4.79 Å². The Hall–Kier alpha value is -2.95. The molecule has 4 nitrogen and oxygen atoms in total. The standard InChI is InChI=1S/C18H14FNO3/c19-15-8-4-5-13(11-15)9-10-17(21)20-16(12-23-18(20)22)14-6-2-1-3-7-14/h1-11,16H,12H2. The van der Waals surface area contributed by atoms with Gasteiger partial charge in [-0.1, -0.05) is 42.5 Å². The van der Waals surface area contributed by atoms with E-state index >= 15 is 0 Å². The van der Waals surface area contributed by atoms with E-state index in [0.717, 1.165) is 10.5 Å². The van der Waals surface area contributed by atoms with Gasteiger partial charge in [0.1, 0.15) is 18.5 Å². The molecule has 0 saturated carbocycles. The lowest BCUT2D eigenvalue weighted by Crippen LogP contribution is -2.32. The Morgan fingerprint density at radius 2 is 1.96 bits per heavy atom. The Bertz CT molecular complexity index is 758. The molecule has 1 fully saturated rings. The second-order valence-corrected chi connectivity index (χ2v) is 5.10. The third kappa shape index (κ3) is 3.29. The fourth-order valence-corrected chi connectivity index (χ4v) is 2.44. The average Bonchev–Trinajstić information content (AvgIpc) is 2.95. The van der Waals surface area contributed by atoms with Crippen LogP contribution in [0.3, 0.4) is 0 Å². The van der Waals surface area contributed by atoms with E-state index in [2.05, 4.69) is 0 Å². The van der Waals surface area contributed by atoms with Crippen LogP contribution in [0.25, 0.3) is 6.08 Å². The molecule has 2 amide bonds. The first-order chi connectivity index (χ1) is 11.1. The highest BCUT2D eigenvalue weighted by molar-refractivity contribution is 6.02. The fraction of sp³-hybridized carbons (Fsp3) is 0.111. The molecule has 0 N–H and O–H groups in total. The smallest absolute Gasteiger partial charge is 0.417 e. The molecule has 3 rings (SSSR count). The van der Waals surface area contributed by atoms with Crippen LogP contribution in [0, 0.1) is 5.82 Å². The highest BCUT2D eigenvalue weighted by Crippen LogP contribution is 2.27. The lowest BCUT2D eigenvalue weighted by molar-refractivity contribution is -0.124. The van der Waals surface area contributed by atoms with Crippen molar-refractivity contribution in [2.24, 2.45) is 0 Å². The van der Waals surface area contributed by atoms with E-state index in [0.29, 0.717) is 5.56 Å². The van der Waals surface area contributed by atoms with E-state index in [9.17, 15) is 14.0 Å². The van der Waals surface area contributed by atoms with Crippen LogP contribution >= 0.6 is 0 Å². The zero-order valence-electron chi connectivity index (χ0n) is 12.2. The van der Waals surface area contributed by atoms with Gasteiger partial charge >= 0.3 is 6.09 Å². The van der Waals surface area contributed by atoms with Gasteiger partial charge in [-0.05, 0) is 29.3 Å². The Morgan fingerprint density at radius 1 is 1.17 bits per heavy atom. The average molecular weight is 311 g/mol. The Morgan fingerprint density at radius 3 is 2.70 bits per heavy atom. The third-order valence-electron chi connectivity index (χ3n) is 3.56. The lowest BCUT2D eigenvalue weighted by Gasteiger charge is -2.18. The molecule has 5 heteroatoms. The van der Waals surface area contributed by atoms with Crippen molar-refractivity contribution in [3.63, 3.8) is 0 Å². The molecule has 2 aromatic rings. The van der Waals surface area contributed by atoms with Crippen LogP contribution in [-0.4, -0.2) is 23.5 Å². The van der Waals surface area contributed by atoms with Gasteiger partial charge in [0.05, 0.1) is 0 Å². The monoisotopic (exact) mass is 311 g/mol. The second kappa shape index (κ2) is 6.44. The Labute approximate surface area is 132 Å². The minimum atomic E-state index is -0.673. The van der Waals surface area contributed by atoms with Crippen molar-refractivity contribution in [1.82, 2.24) is 4.90 Å². The summed E-state index contributed by atoms with van der Waals surface area (Å²) in [5.74, 6) is -0.882. The number of benzene rings is 2. The van der Waals surface area contributed by atoms with Gasteiger partial charge in [0.2, 0.25) is 0 Å². The van der Waals surface area contributed by atoms with Gasteiger partial charge in [-0.15, -0.1) is 0 Å². The van der Waals surface area contributed by atoms with Crippen LogP contribution in [0.2, 0.25) is 0 Å². The molecule has 1 aliphatic rings. The van der Waals surface area contributed by atoms with Crippen LogP contribution in [0.15, 0.2) is 60.7 Å². The molecule has 1 aliphatic heterocycles. The minimum absolute atomic E-state index is 0.127. The maximum absolute atomic E-state index is 13.1. The Kier molecular flexibility index (Phi) is 4.19. The quantitative estimate of drug-likeness (QED) is 0.814. The summed E-state index contributed by atoms with van der Waals surface area (Å²) in [4.78, 5) is 25.3. The first kappa shape index (κ1) is 15.0. The number of nitrogens with zero attached hydrogens (tertiary/aromatic N) is 1. The molecular weight excluding hydrogens is 297 g/mol. The van der Waals surface area contributed by atoms with E-state index < -0.39 is 18.0 Å². The number of hydrogen-bond donors (Lipinski definition) is 0. The first-order valence-corrected chi connectivity index (χ1v) is 7.14. The second-order valence-electron chi connectivity index (χ2n) is 5.10. The van der Waals surface area contributed by atoms with Gasteiger partial charge in [0.25, 0.3) is 5.91 Å². The fourth-order valence-electron chi connectivity index (χ4n) is 2.44. The molecule has 0 spiro atoms. The SMILES string of the molecule is O=C(C=Cc1cccc(F)c1)N1C(=O)OCC1c1ccccc1.